The molecular weight excluding hydrogens is 255 g/mol. The lowest BCUT2D eigenvalue weighted by Crippen LogP contribution is -2.29. The predicted octanol–water partition coefficient (Wildman–Crippen LogP) is 3.28. The van der Waals surface area contributed by atoms with E-state index in [-0.39, 0.29) is 6.61 Å². The summed E-state index contributed by atoms with van der Waals surface area (Å²) in [5.41, 5.74) is -0.501. The minimum Gasteiger partial charge on any atom is -0.493 e. The largest absolute Gasteiger partial charge is 0.587 e. The first kappa shape index (κ1) is 11.6. The van der Waals surface area contributed by atoms with Crippen LogP contribution in [0.4, 0.5) is 0 Å². The molecule has 0 radical (unpaired) electrons. The summed E-state index contributed by atoms with van der Waals surface area (Å²) in [5, 5.41) is 0. The Bertz CT molecular complexity index is 502. The molecule has 0 bridgehead atoms. The predicted molar refractivity (Wildman–Crippen MR) is 64.5 cm³/mol. The molecule has 0 saturated heterocycles. The molecule has 18 heavy (non-hydrogen) atoms. The monoisotopic (exact) mass is 268 g/mol. The van der Waals surface area contributed by atoms with Crippen molar-refractivity contribution in [2.75, 3.05) is 6.61 Å². The van der Waals surface area contributed by atoms with Crippen LogP contribution in [0, 0.1) is 0 Å². The number of benzene rings is 1. The van der Waals surface area contributed by atoms with E-state index in [4.69, 9.17) is 18.3 Å². The third kappa shape index (κ3) is 2.11. The average Bonchev–Trinajstić information content (AvgIpc) is 2.91. The Morgan fingerprint density at radius 1 is 1.33 bits per heavy atom. The summed E-state index contributed by atoms with van der Waals surface area (Å²) in [6.07, 6.45) is 4.22. The summed E-state index contributed by atoms with van der Waals surface area (Å²) in [7, 11) is -3.55. The molecule has 0 spiro atoms. The Morgan fingerprint density at radius 3 is 2.56 bits per heavy atom. The van der Waals surface area contributed by atoms with Gasteiger partial charge in [0.2, 0.25) is 0 Å². The van der Waals surface area contributed by atoms with E-state index in [1.807, 2.05) is 13.0 Å². The molecule has 6 heteroatoms. The quantitative estimate of drug-likeness (QED) is 0.787. The molecule has 2 heterocycles. The van der Waals surface area contributed by atoms with Crippen molar-refractivity contribution in [3.63, 3.8) is 0 Å². The fourth-order valence-electron chi connectivity index (χ4n) is 1.78. The smallest absolute Gasteiger partial charge is 0.493 e. The number of hydrogen-bond acceptors (Lipinski definition) is 5. The van der Waals surface area contributed by atoms with Crippen LogP contribution in [0.3, 0.4) is 0 Å². The molecule has 1 unspecified atom stereocenters. The zero-order chi connectivity index (χ0) is 12.6. The van der Waals surface area contributed by atoms with Crippen molar-refractivity contribution in [1.29, 1.82) is 0 Å². The SMILES string of the molecule is CC1(COP2(=O)Oc3ccccc3O2)CC=CO1. The number of phosphoric acid groups is 1. The van der Waals surface area contributed by atoms with Crippen LogP contribution in [0.25, 0.3) is 0 Å². The molecule has 1 atom stereocenters. The Hall–Kier alpha value is -1.45. The van der Waals surface area contributed by atoms with E-state index in [1.54, 1.807) is 30.5 Å². The second-order valence-corrected chi connectivity index (χ2v) is 6.01. The van der Waals surface area contributed by atoms with Gasteiger partial charge in [-0.3, -0.25) is 4.52 Å². The Labute approximate surface area is 105 Å². The van der Waals surface area contributed by atoms with Gasteiger partial charge in [-0.1, -0.05) is 12.1 Å². The van der Waals surface area contributed by atoms with E-state index in [0.717, 1.165) is 0 Å². The molecule has 0 aliphatic carbocycles. The standard InChI is InChI=1S/C12H13O5P/c1-12(7-4-8-14-12)9-15-18(13)16-10-5-2-3-6-11(10)17-18/h2-6,8H,7,9H2,1H3. The molecule has 0 aromatic heterocycles. The van der Waals surface area contributed by atoms with Crippen molar-refractivity contribution in [1.82, 2.24) is 0 Å². The van der Waals surface area contributed by atoms with Gasteiger partial charge in [0.1, 0.15) is 12.2 Å². The highest BCUT2D eigenvalue weighted by Gasteiger charge is 2.41. The van der Waals surface area contributed by atoms with Crippen LogP contribution >= 0.6 is 7.82 Å². The van der Waals surface area contributed by atoms with Crippen molar-refractivity contribution in [3.8, 4) is 11.5 Å². The third-order valence-electron chi connectivity index (χ3n) is 2.80. The second kappa shape index (κ2) is 4.04. The Kier molecular flexibility index (Phi) is 2.61. The summed E-state index contributed by atoms with van der Waals surface area (Å²) in [5.74, 6) is 0.882. The van der Waals surface area contributed by atoms with Crippen molar-refractivity contribution < 1.29 is 22.9 Å². The highest BCUT2D eigenvalue weighted by atomic mass is 31.2. The van der Waals surface area contributed by atoms with Gasteiger partial charge in [-0.25, -0.2) is 4.57 Å². The lowest BCUT2D eigenvalue weighted by atomic mass is 10.1. The zero-order valence-corrected chi connectivity index (χ0v) is 10.8. The van der Waals surface area contributed by atoms with E-state index in [2.05, 4.69) is 0 Å². The second-order valence-electron chi connectivity index (χ2n) is 4.49. The van der Waals surface area contributed by atoms with Gasteiger partial charge in [-0.2, -0.15) is 0 Å². The zero-order valence-electron chi connectivity index (χ0n) is 9.87. The van der Waals surface area contributed by atoms with E-state index >= 15 is 0 Å². The number of fused-ring (bicyclic) bond motifs is 1. The molecule has 3 rings (SSSR count). The van der Waals surface area contributed by atoms with Crippen LogP contribution in [-0.4, -0.2) is 12.2 Å². The molecule has 1 aromatic carbocycles. The topological polar surface area (TPSA) is 54.0 Å². The van der Waals surface area contributed by atoms with Crippen LogP contribution in [0.2, 0.25) is 0 Å². The first-order valence-electron chi connectivity index (χ1n) is 5.64. The fourth-order valence-corrected chi connectivity index (χ4v) is 3.14. The minimum atomic E-state index is -3.55. The number of ether oxygens (including phenoxy) is 1. The molecule has 0 fully saturated rings. The van der Waals surface area contributed by atoms with Crippen LogP contribution in [0.5, 0.6) is 11.5 Å². The molecule has 5 nitrogen and oxygen atoms in total. The van der Waals surface area contributed by atoms with Crippen molar-refractivity contribution in [2.24, 2.45) is 0 Å². The summed E-state index contributed by atoms with van der Waals surface area (Å²) < 4.78 is 33.4. The molecule has 0 saturated carbocycles. The van der Waals surface area contributed by atoms with E-state index in [9.17, 15) is 4.57 Å². The minimum absolute atomic E-state index is 0.144. The molecule has 0 N–H and O–H groups in total. The highest BCUT2D eigenvalue weighted by molar-refractivity contribution is 7.49. The number of phosphoric ester groups is 1. The highest BCUT2D eigenvalue weighted by Crippen LogP contribution is 2.59. The van der Waals surface area contributed by atoms with Crippen molar-refractivity contribution in [2.45, 2.75) is 18.9 Å². The van der Waals surface area contributed by atoms with Crippen LogP contribution in [0.1, 0.15) is 13.3 Å². The Morgan fingerprint density at radius 2 is 2.00 bits per heavy atom. The summed E-state index contributed by atoms with van der Waals surface area (Å²) in [4.78, 5) is 0. The van der Waals surface area contributed by atoms with E-state index in [1.165, 1.54) is 0 Å². The van der Waals surface area contributed by atoms with E-state index in [0.29, 0.717) is 17.9 Å². The number of hydrogen-bond donors (Lipinski definition) is 0. The van der Waals surface area contributed by atoms with Crippen molar-refractivity contribution >= 4 is 7.82 Å². The van der Waals surface area contributed by atoms with Gasteiger partial charge in [0.05, 0.1) is 6.26 Å². The maximum atomic E-state index is 12.2. The molecule has 1 aromatic rings. The molecule has 2 aliphatic heterocycles. The number of rotatable bonds is 3. The van der Waals surface area contributed by atoms with Gasteiger partial charge in [0.25, 0.3) is 0 Å². The van der Waals surface area contributed by atoms with Gasteiger partial charge in [0.15, 0.2) is 11.5 Å². The van der Waals surface area contributed by atoms with Gasteiger partial charge in [0, 0.05) is 6.42 Å². The van der Waals surface area contributed by atoms with Gasteiger partial charge in [-0.05, 0) is 25.1 Å². The van der Waals surface area contributed by atoms with Crippen LogP contribution < -0.4 is 9.05 Å². The van der Waals surface area contributed by atoms with Gasteiger partial charge in [-0.15, -0.1) is 0 Å². The van der Waals surface area contributed by atoms with Crippen molar-refractivity contribution in [3.05, 3.63) is 36.6 Å². The maximum Gasteiger partial charge on any atom is 0.587 e. The number of para-hydroxylation sites is 2. The normalized spacial score (nSPS) is 27.2. The average molecular weight is 268 g/mol. The molecular formula is C12H13O5P. The molecule has 2 aliphatic rings. The van der Waals surface area contributed by atoms with Gasteiger partial charge < -0.3 is 13.8 Å². The van der Waals surface area contributed by atoms with E-state index < -0.39 is 13.4 Å². The van der Waals surface area contributed by atoms with Crippen LogP contribution in [0.15, 0.2) is 36.6 Å². The molecule has 0 amide bonds. The van der Waals surface area contributed by atoms with Crippen LogP contribution in [-0.2, 0) is 13.8 Å². The first-order valence-corrected chi connectivity index (χ1v) is 7.10. The first-order chi connectivity index (χ1) is 8.59. The fraction of sp³-hybridized carbons (Fsp3) is 0.333. The summed E-state index contributed by atoms with van der Waals surface area (Å²) in [6.45, 7) is 2.02. The molecule has 96 valence electrons. The van der Waals surface area contributed by atoms with Gasteiger partial charge >= 0.3 is 7.82 Å². The summed E-state index contributed by atoms with van der Waals surface area (Å²) in [6, 6.07) is 6.94. The Balaban J connectivity index is 1.66. The lowest BCUT2D eigenvalue weighted by Gasteiger charge is -2.23. The summed E-state index contributed by atoms with van der Waals surface area (Å²) >= 11 is 0. The third-order valence-corrected chi connectivity index (χ3v) is 4.08. The lowest BCUT2D eigenvalue weighted by molar-refractivity contribution is 0.00945. The maximum absolute atomic E-state index is 12.2.